The Kier molecular flexibility index (Phi) is 4.50. The van der Waals surface area contributed by atoms with E-state index in [2.05, 4.69) is 19.2 Å². The lowest BCUT2D eigenvalue weighted by atomic mass is 10.1. The molecule has 0 spiro atoms. The molecule has 0 heterocycles. The molecular formula is C13H17NS. The Morgan fingerprint density at radius 2 is 1.87 bits per heavy atom. The first-order valence-electron chi connectivity index (χ1n) is 5.14. The van der Waals surface area contributed by atoms with E-state index in [-0.39, 0.29) is 0 Å². The Labute approximate surface area is 97.2 Å². The quantitative estimate of drug-likeness (QED) is 0.474. The summed E-state index contributed by atoms with van der Waals surface area (Å²) in [6.45, 7) is 6.26. The normalized spacial score (nSPS) is 11.6. The Morgan fingerprint density at radius 3 is 2.40 bits per heavy atom. The molecule has 0 radical (unpaired) electrons. The van der Waals surface area contributed by atoms with E-state index in [4.69, 9.17) is 12.2 Å². The molecule has 0 unspecified atom stereocenters. The summed E-state index contributed by atoms with van der Waals surface area (Å²) in [6, 6.07) is 10.5. The zero-order valence-corrected chi connectivity index (χ0v) is 10.3. The average molecular weight is 219 g/mol. The highest BCUT2D eigenvalue weighted by atomic mass is 32.1. The van der Waals surface area contributed by atoms with E-state index in [1.807, 2.05) is 43.3 Å². The van der Waals surface area contributed by atoms with Crippen molar-refractivity contribution < 1.29 is 0 Å². The Balaban J connectivity index is 2.71. The lowest BCUT2D eigenvalue weighted by molar-refractivity contribution is 0.670. The zero-order valence-electron chi connectivity index (χ0n) is 9.45. The van der Waals surface area contributed by atoms with Crippen molar-refractivity contribution in [1.82, 2.24) is 5.32 Å². The van der Waals surface area contributed by atoms with E-state index >= 15 is 0 Å². The van der Waals surface area contributed by atoms with Crippen molar-refractivity contribution in [3.05, 3.63) is 47.7 Å². The molecule has 1 aromatic rings. The van der Waals surface area contributed by atoms with Crippen LogP contribution >= 0.6 is 12.2 Å². The molecule has 0 bridgehead atoms. The van der Waals surface area contributed by atoms with Crippen LogP contribution < -0.4 is 5.32 Å². The second kappa shape index (κ2) is 5.66. The molecule has 0 aliphatic carbocycles. The summed E-state index contributed by atoms with van der Waals surface area (Å²) in [4.78, 5) is 0.876. The number of rotatable bonds is 4. The molecule has 0 atom stereocenters. The van der Waals surface area contributed by atoms with Crippen LogP contribution in [0.1, 0.15) is 26.3 Å². The number of nitrogens with one attached hydrogen (secondary N) is 1. The molecule has 2 heteroatoms. The van der Waals surface area contributed by atoms with E-state index < -0.39 is 0 Å². The van der Waals surface area contributed by atoms with Crippen molar-refractivity contribution in [3.63, 3.8) is 0 Å². The maximum atomic E-state index is 5.33. The summed E-state index contributed by atoms with van der Waals surface area (Å²) in [5.41, 5.74) is 2.20. The van der Waals surface area contributed by atoms with E-state index in [9.17, 15) is 0 Å². The fourth-order valence-electron chi connectivity index (χ4n) is 1.38. The third-order valence-electron chi connectivity index (χ3n) is 1.92. The molecule has 0 aliphatic heterocycles. The van der Waals surface area contributed by atoms with Crippen molar-refractivity contribution in [3.8, 4) is 0 Å². The first-order valence-corrected chi connectivity index (χ1v) is 5.54. The molecule has 0 aliphatic rings. The van der Waals surface area contributed by atoms with Crippen molar-refractivity contribution in [1.29, 1.82) is 0 Å². The molecule has 1 N–H and O–H groups in total. The van der Waals surface area contributed by atoms with Crippen LogP contribution in [0.25, 0.3) is 0 Å². The van der Waals surface area contributed by atoms with Crippen LogP contribution in [0.5, 0.6) is 0 Å². The van der Waals surface area contributed by atoms with Crippen LogP contribution in [-0.2, 0) is 0 Å². The van der Waals surface area contributed by atoms with Gasteiger partial charge in [0.25, 0.3) is 0 Å². The fourth-order valence-corrected chi connectivity index (χ4v) is 1.69. The summed E-state index contributed by atoms with van der Waals surface area (Å²) < 4.78 is 0. The highest BCUT2D eigenvalue weighted by Crippen LogP contribution is 2.04. The summed E-state index contributed by atoms with van der Waals surface area (Å²) in [5, 5.41) is 3.32. The van der Waals surface area contributed by atoms with Crippen LogP contribution in [0.3, 0.4) is 0 Å². The first-order chi connectivity index (χ1) is 7.09. The fraction of sp³-hybridized carbons (Fsp3) is 0.308. The minimum Gasteiger partial charge on any atom is -0.386 e. The largest absolute Gasteiger partial charge is 0.386 e. The molecule has 1 nitrogen and oxygen atoms in total. The maximum absolute atomic E-state index is 5.33. The lowest BCUT2D eigenvalue weighted by Gasteiger charge is -2.10. The molecule has 0 saturated carbocycles. The second-order valence-corrected chi connectivity index (χ2v) is 4.30. The van der Waals surface area contributed by atoms with Gasteiger partial charge in [-0.3, -0.25) is 0 Å². The van der Waals surface area contributed by atoms with Gasteiger partial charge in [-0.25, -0.2) is 0 Å². The predicted octanol–water partition coefficient (Wildman–Crippen LogP) is 3.31. The third kappa shape index (κ3) is 4.26. The number of hydrogen-bond donors (Lipinski definition) is 1. The van der Waals surface area contributed by atoms with Gasteiger partial charge in [-0.2, -0.15) is 0 Å². The third-order valence-corrected chi connectivity index (χ3v) is 2.28. The highest BCUT2D eigenvalue weighted by molar-refractivity contribution is 7.81. The standard InChI is InChI=1S/C13H17NS/c1-10(2)14-11(3)9-13(15)12-7-5-4-6-8-12/h4-10,14H,1-3H3. The predicted molar refractivity (Wildman–Crippen MR) is 70.2 cm³/mol. The number of allylic oxidation sites excluding steroid dienone is 2. The van der Waals surface area contributed by atoms with E-state index in [1.165, 1.54) is 0 Å². The lowest BCUT2D eigenvalue weighted by Crippen LogP contribution is -2.20. The van der Waals surface area contributed by atoms with Gasteiger partial charge in [0.2, 0.25) is 0 Å². The minimum atomic E-state index is 0.444. The van der Waals surface area contributed by atoms with E-state index in [1.54, 1.807) is 0 Å². The molecule has 80 valence electrons. The topological polar surface area (TPSA) is 12.0 Å². The van der Waals surface area contributed by atoms with Crippen LogP contribution in [0.15, 0.2) is 42.1 Å². The second-order valence-electron chi connectivity index (χ2n) is 3.86. The molecule has 1 rings (SSSR count). The first kappa shape index (κ1) is 11.9. The molecule has 0 saturated heterocycles. The molecular weight excluding hydrogens is 202 g/mol. The SMILES string of the molecule is CC(=CC(=S)c1ccccc1)NC(C)C. The molecule has 0 aromatic heterocycles. The van der Waals surface area contributed by atoms with Crippen molar-refractivity contribution in [2.24, 2.45) is 0 Å². The number of thiocarbonyl (C=S) groups is 1. The van der Waals surface area contributed by atoms with Crippen molar-refractivity contribution in [2.75, 3.05) is 0 Å². The Morgan fingerprint density at radius 1 is 1.27 bits per heavy atom. The van der Waals surface area contributed by atoms with Gasteiger partial charge < -0.3 is 5.32 Å². The summed E-state index contributed by atoms with van der Waals surface area (Å²) in [6.07, 6.45) is 2.00. The van der Waals surface area contributed by atoms with Gasteiger partial charge in [0, 0.05) is 16.6 Å². The summed E-state index contributed by atoms with van der Waals surface area (Å²) >= 11 is 5.33. The molecule has 1 aromatic carbocycles. The summed E-state index contributed by atoms with van der Waals surface area (Å²) in [7, 11) is 0. The minimum absolute atomic E-state index is 0.444. The van der Waals surface area contributed by atoms with Gasteiger partial charge in [-0.05, 0) is 32.4 Å². The van der Waals surface area contributed by atoms with Gasteiger partial charge in [0.15, 0.2) is 0 Å². The number of benzene rings is 1. The highest BCUT2D eigenvalue weighted by Gasteiger charge is 1.98. The monoisotopic (exact) mass is 219 g/mol. The Bertz CT molecular complexity index is 352. The van der Waals surface area contributed by atoms with Crippen LogP contribution in [0.4, 0.5) is 0 Å². The van der Waals surface area contributed by atoms with Gasteiger partial charge in [0.1, 0.15) is 0 Å². The molecule has 0 fully saturated rings. The average Bonchev–Trinajstić information content (AvgIpc) is 2.17. The van der Waals surface area contributed by atoms with Gasteiger partial charge in [0.05, 0.1) is 0 Å². The molecule has 0 amide bonds. The van der Waals surface area contributed by atoms with E-state index in [0.717, 1.165) is 16.1 Å². The van der Waals surface area contributed by atoms with Crippen LogP contribution in [-0.4, -0.2) is 10.9 Å². The van der Waals surface area contributed by atoms with Gasteiger partial charge in [-0.1, -0.05) is 42.5 Å². The van der Waals surface area contributed by atoms with Crippen LogP contribution in [0, 0.1) is 0 Å². The zero-order chi connectivity index (χ0) is 11.3. The number of hydrogen-bond acceptors (Lipinski definition) is 2. The van der Waals surface area contributed by atoms with E-state index in [0.29, 0.717) is 6.04 Å². The van der Waals surface area contributed by atoms with Gasteiger partial charge >= 0.3 is 0 Å². The van der Waals surface area contributed by atoms with Crippen molar-refractivity contribution in [2.45, 2.75) is 26.8 Å². The Hall–Kier alpha value is -1.15. The maximum Gasteiger partial charge on any atom is 0.0466 e. The van der Waals surface area contributed by atoms with Crippen LogP contribution in [0.2, 0.25) is 0 Å². The smallest absolute Gasteiger partial charge is 0.0466 e. The van der Waals surface area contributed by atoms with Crippen molar-refractivity contribution >= 4 is 17.1 Å². The summed E-state index contributed by atoms with van der Waals surface area (Å²) in [5.74, 6) is 0. The molecule has 15 heavy (non-hydrogen) atoms. The van der Waals surface area contributed by atoms with Gasteiger partial charge in [-0.15, -0.1) is 0 Å².